The molecule has 0 bridgehead atoms. The first-order chi connectivity index (χ1) is 21.4. The summed E-state index contributed by atoms with van der Waals surface area (Å²) in [6.07, 6.45) is 13.3. The van der Waals surface area contributed by atoms with E-state index in [1.54, 1.807) is 13.8 Å². The van der Waals surface area contributed by atoms with E-state index in [0.29, 0.717) is 35.7 Å². The second-order valence-corrected chi connectivity index (χ2v) is 16.0. The van der Waals surface area contributed by atoms with Crippen LogP contribution in [0.1, 0.15) is 123 Å². The first-order valence-electron chi connectivity index (χ1n) is 17.7. The Labute approximate surface area is 270 Å². The third kappa shape index (κ3) is 7.77. The fraction of sp³-hybridized carbons (Fsp3) is 0.763. The number of carbonyl (C=O) groups is 3. The first kappa shape index (κ1) is 33.9. The zero-order valence-electron chi connectivity index (χ0n) is 28.2. The number of benzene rings is 1. The number of nitrogens with one attached hydrogen (secondary N) is 1. The van der Waals surface area contributed by atoms with Crippen LogP contribution in [-0.4, -0.2) is 41.2 Å². The molecule has 0 spiro atoms. The number of amides is 1. The molecule has 4 aliphatic carbocycles. The largest absolute Gasteiger partial charge is 0.462 e. The molecular formula is C38H57NO6. The van der Waals surface area contributed by atoms with Crippen molar-refractivity contribution >= 4 is 17.8 Å². The van der Waals surface area contributed by atoms with Crippen molar-refractivity contribution in [1.29, 1.82) is 0 Å². The lowest BCUT2D eigenvalue weighted by Gasteiger charge is -2.61. The zero-order chi connectivity index (χ0) is 32.2. The minimum absolute atomic E-state index is 0.0480. The van der Waals surface area contributed by atoms with Gasteiger partial charge in [-0.2, -0.15) is 0 Å². The molecule has 4 fully saturated rings. The van der Waals surface area contributed by atoms with E-state index >= 15 is 0 Å². The molecule has 1 aromatic carbocycles. The summed E-state index contributed by atoms with van der Waals surface area (Å²) in [6, 6.07) is 9.90. The van der Waals surface area contributed by atoms with Gasteiger partial charge in [0.15, 0.2) is 0 Å². The molecule has 0 saturated heterocycles. The van der Waals surface area contributed by atoms with E-state index in [-0.39, 0.29) is 43.4 Å². The molecule has 4 saturated carbocycles. The predicted molar refractivity (Wildman–Crippen MR) is 174 cm³/mol. The second kappa shape index (κ2) is 14.1. The number of rotatable bonds is 12. The maximum absolute atomic E-state index is 12.6. The summed E-state index contributed by atoms with van der Waals surface area (Å²) in [6.45, 7) is 8.82. The van der Waals surface area contributed by atoms with Crippen molar-refractivity contribution < 1.29 is 29.0 Å². The van der Waals surface area contributed by atoms with Crippen molar-refractivity contribution in [2.24, 2.45) is 40.4 Å². The van der Waals surface area contributed by atoms with Gasteiger partial charge in [0.1, 0.15) is 12.7 Å². The summed E-state index contributed by atoms with van der Waals surface area (Å²) in [7, 11) is 0. The molecule has 0 aromatic heterocycles. The minimum Gasteiger partial charge on any atom is -0.462 e. The summed E-state index contributed by atoms with van der Waals surface area (Å²) >= 11 is 0. The Balaban J connectivity index is 1.08. The molecule has 5 rings (SSSR count). The van der Waals surface area contributed by atoms with Gasteiger partial charge >= 0.3 is 11.9 Å². The molecular weight excluding hydrogens is 566 g/mol. The Kier molecular flexibility index (Phi) is 10.7. The lowest BCUT2D eigenvalue weighted by molar-refractivity contribution is -0.163. The Hall–Kier alpha value is -2.41. The highest BCUT2D eigenvalue weighted by molar-refractivity contribution is 5.81. The van der Waals surface area contributed by atoms with E-state index in [1.807, 2.05) is 30.3 Å². The third-order valence-electron chi connectivity index (χ3n) is 12.7. The Morgan fingerprint density at radius 1 is 0.889 bits per heavy atom. The quantitative estimate of drug-likeness (QED) is 0.240. The molecule has 1 aromatic rings. The maximum Gasteiger partial charge on any atom is 0.306 e. The van der Waals surface area contributed by atoms with Gasteiger partial charge in [0.25, 0.3) is 0 Å². The van der Waals surface area contributed by atoms with Crippen LogP contribution in [0.3, 0.4) is 0 Å². The van der Waals surface area contributed by atoms with Gasteiger partial charge in [-0.25, -0.2) is 0 Å². The average Bonchev–Trinajstić information content (AvgIpc) is 3.35. The number of aliphatic hydroxyl groups excluding tert-OH is 1. The summed E-state index contributed by atoms with van der Waals surface area (Å²) < 4.78 is 11.5. The van der Waals surface area contributed by atoms with Crippen molar-refractivity contribution in [3.63, 3.8) is 0 Å². The van der Waals surface area contributed by atoms with Crippen molar-refractivity contribution in [3.05, 3.63) is 35.9 Å². The lowest BCUT2D eigenvalue weighted by Crippen LogP contribution is -2.54. The number of aliphatic hydroxyl groups is 1. The van der Waals surface area contributed by atoms with Crippen LogP contribution in [0.5, 0.6) is 0 Å². The van der Waals surface area contributed by atoms with Crippen LogP contribution in [-0.2, 0) is 30.5 Å². The van der Waals surface area contributed by atoms with Crippen molar-refractivity contribution in [2.75, 3.05) is 6.61 Å². The molecule has 0 radical (unpaired) electrons. The van der Waals surface area contributed by atoms with Gasteiger partial charge < -0.3 is 19.9 Å². The van der Waals surface area contributed by atoms with Crippen LogP contribution in [0.25, 0.3) is 0 Å². The van der Waals surface area contributed by atoms with E-state index in [0.717, 1.165) is 55.4 Å². The van der Waals surface area contributed by atoms with Crippen molar-refractivity contribution in [2.45, 2.75) is 136 Å². The summed E-state index contributed by atoms with van der Waals surface area (Å²) in [5.74, 6) is 2.99. The molecule has 8 unspecified atom stereocenters. The maximum atomic E-state index is 12.6. The second-order valence-electron chi connectivity index (χ2n) is 16.0. The summed E-state index contributed by atoms with van der Waals surface area (Å²) in [5, 5.41) is 12.1. The van der Waals surface area contributed by atoms with E-state index in [2.05, 4.69) is 19.2 Å². The monoisotopic (exact) mass is 623 g/mol. The molecule has 7 heteroatoms. The van der Waals surface area contributed by atoms with Gasteiger partial charge in [0, 0.05) is 12.8 Å². The smallest absolute Gasteiger partial charge is 0.306 e. The molecule has 4 aliphatic rings. The number of esters is 2. The molecule has 8 atom stereocenters. The number of carbonyl (C=O) groups excluding carboxylic acids is 3. The van der Waals surface area contributed by atoms with Gasteiger partial charge in [-0.3, -0.25) is 14.4 Å². The van der Waals surface area contributed by atoms with Crippen LogP contribution < -0.4 is 5.32 Å². The number of hydrogen-bond acceptors (Lipinski definition) is 6. The molecule has 0 heterocycles. The fourth-order valence-electron chi connectivity index (χ4n) is 10.2. The Morgan fingerprint density at radius 3 is 2.38 bits per heavy atom. The van der Waals surface area contributed by atoms with Gasteiger partial charge in [-0.15, -0.1) is 0 Å². The van der Waals surface area contributed by atoms with Gasteiger partial charge in [0.2, 0.25) is 5.91 Å². The summed E-state index contributed by atoms with van der Waals surface area (Å²) in [5.41, 5.74) is 1.03. The van der Waals surface area contributed by atoms with Crippen LogP contribution in [0, 0.1) is 40.4 Å². The van der Waals surface area contributed by atoms with Crippen molar-refractivity contribution in [3.8, 4) is 0 Å². The molecule has 250 valence electrons. The first-order valence-corrected chi connectivity index (χ1v) is 17.7. The Bertz CT molecular complexity index is 1180. The predicted octanol–water partition coefficient (Wildman–Crippen LogP) is 7.14. The fourth-order valence-corrected chi connectivity index (χ4v) is 10.2. The molecule has 2 N–H and O–H groups in total. The SMILES string of the molecule is CC(C)(CO)NC(=O)CCC(=O)OC1CCC2(C)C(CCC3C4CCC(CCCC(=O)OCc5ccccc5)C4(C)CCC32)C1. The highest BCUT2D eigenvalue weighted by Crippen LogP contribution is 2.68. The van der Waals surface area contributed by atoms with Gasteiger partial charge in [-0.1, -0.05) is 44.2 Å². The van der Waals surface area contributed by atoms with Crippen LogP contribution in [0.4, 0.5) is 0 Å². The normalized spacial score (nSPS) is 34.2. The number of ether oxygens (including phenoxy) is 2. The van der Waals surface area contributed by atoms with Crippen LogP contribution in [0.2, 0.25) is 0 Å². The van der Waals surface area contributed by atoms with Crippen molar-refractivity contribution in [1.82, 2.24) is 5.32 Å². The highest BCUT2D eigenvalue weighted by Gasteiger charge is 2.60. The minimum atomic E-state index is -0.692. The van der Waals surface area contributed by atoms with E-state index < -0.39 is 5.54 Å². The molecule has 45 heavy (non-hydrogen) atoms. The lowest BCUT2D eigenvalue weighted by atomic mass is 9.44. The molecule has 1 amide bonds. The standard InChI is InChI=1S/C38H57NO6/c1-36(2,25-40)39-33(41)17-18-35(43)45-29-19-21-38(4)28(23-29)13-15-30-31-16-14-27(37(31,3)22-20-32(30)38)11-8-12-34(42)44-24-26-9-6-5-7-10-26/h5-7,9-10,27-32,40H,8,11-25H2,1-4H3,(H,39,41). The van der Waals surface area contributed by atoms with Gasteiger partial charge in [-0.05, 0) is 130 Å². The molecule has 7 nitrogen and oxygen atoms in total. The van der Waals surface area contributed by atoms with E-state index in [4.69, 9.17) is 9.47 Å². The van der Waals surface area contributed by atoms with E-state index in [9.17, 15) is 19.5 Å². The highest BCUT2D eigenvalue weighted by atomic mass is 16.5. The number of fused-ring (bicyclic) bond motifs is 5. The van der Waals surface area contributed by atoms with Crippen LogP contribution in [0.15, 0.2) is 30.3 Å². The molecule has 0 aliphatic heterocycles. The zero-order valence-corrected chi connectivity index (χ0v) is 28.2. The van der Waals surface area contributed by atoms with Crippen LogP contribution >= 0.6 is 0 Å². The third-order valence-corrected chi connectivity index (χ3v) is 12.7. The number of hydrogen-bond donors (Lipinski definition) is 2. The average molecular weight is 624 g/mol. The summed E-state index contributed by atoms with van der Waals surface area (Å²) in [4.78, 5) is 37.3. The topological polar surface area (TPSA) is 102 Å². The van der Waals surface area contributed by atoms with Gasteiger partial charge in [0.05, 0.1) is 18.6 Å². The van der Waals surface area contributed by atoms with E-state index in [1.165, 1.54) is 38.5 Å². The Morgan fingerprint density at radius 2 is 1.62 bits per heavy atom.